The van der Waals surface area contributed by atoms with Crippen molar-refractivity contribution in [1.29, 1.82) is 0 Å². The molecular formula is C17H20F3N5O4S2. The summed E-state index contributed by atoms with van der Waals surface area (Å²) in [5, 5.41) is 8.39. The number of morpholine rings is 1. The van der Waals surface area contributed by atoms with Crippen molar-refractivity contribution >= 4 is 33.4 Å². The van der Waals surface area contributed by atoms with Crippen LogP contribution in [-0.2, 0) is 32.8 Å². The van der Waals surface area contributed by atoms with Gasteiger partial charge in [-0.15, -0.1) is 10.2 Å². The highest BCUT2D eigenvalue weighted by molar-refractivity contribution is 8.00. The molecule has 170 valence electrons. The van der Waals surface area contributed by atoms with E-state index in [-0.39, 0.29) is 23.1 Å². The number of nitrogens with zero attached hydrogens (tertiary/aromatic N) is 4. The Balaban J connectivity index is 1.63. The molecular weight excluding hydrogens is 459 g/mol. The van der Waals surface area contributed by atoms with Gasteiger partial charge < -0.3 is 14.6 Å². The normalized spacial score (nSPS) is 16.8. The zero-order chi connectivity index (χ0) is 22.8. The number of hydrogen-bond donors (Lipinski definition) is 1. The average molecular weight is 480 g/mol. The Morgan fingerprint density at radius 2 is 1.81 bits per heavy atom. The first-order valence-corrected chi connectivity index (χ1v) is 11.4. The molecule has 14 heteroatoms. The van der Waals surface area contributed by atoms with Crippen LogP contribution in [0.4, 0.5) is 18.9 Å². The van der Waals surface area contributed by atoms with Gasteiger partial charge in [0.25, 0.3) is 0 Å². The van der Waals surface area contributed by atoms with Crippen molar-refractivity contribution in [3.8, 4) is 0 Å². The van der Waals surface area contributed by atoms with E-state index in [0.29, 0.717) is 18.9 Å². The van der Waals surface area contributed by atoms with Crippen LogP contribution in [-0.4, -0.2) is 64.9 Å². The number of alkyl halides is 3. The molecule has 1 aromatic heterocycles. The van der Waals surface area contributed by atoms with E-state index in [1.807, 2.05) is 0 Å². The van der Waals surface area contributed by atoms with Crippen LogP contribution in [0.15, 0.2) is 34.3 Å². The predicted molar refractivity (Wildman–Crippen MR) is 106 cm³/mol. The van der Waals surface area contributed by atoms with Crippen LogP contribution in [0.2, 0.25) is 0 Å². The summed E-state index contributed by atoms with van der Waals surface area (Å²) in [4.78, 5) is 12.5. The van der Waals surface area contributed by atoms with Crippen molar-refractivity contribution in [3.63, 3.8) is 0 Å². The summed E-state index contributed by atoms with van der Waals surface area (Å²) in [6, 6.07) is 5.67. The summed E-state index contributed by atoms with van der Waals surface area (Å²) in [6.45, 7) is 2.72. The summed E-state index contributed by atoms with van der Waals surface area (Å²) >= 11 is 0.824. The van der Waals surface area contributed by atoms with Crippen LogP contribution >= 0.6 is 11.8 Å². The Labute approximate surface area is 181 Å². The minimum atomic E-state index is -4.64. The Morgan fingerprint density at radius 1 is 1.19 bits per heavy atom. The lowest BCUT2D eigenvalue weighted by atomic mass is 10.3. The molecule has 0 spiro atoms. The van der Waals surface area contributed by atoms with Gasteiger partial charge in [-0.1, -0.05) is 11.8 Å². The monoisotopic (exact) mass is 479 g/mol. The van der Waals surface area contributed by atoms with Crippen LogP contribution in [0.5, 0.6) is 0 Å². The Kier molecular flexibility index (Phi) is 6.93. The Morgan fingerprint density at radius 3 is 2.35 bits per heavy atom. The predicted octanol–water partition coefficient (Wildman–Crippen LogP) is 1.97. The molecule has 0 radical (unpaired) electrons. The SMILES string of the molecule is C[C@H](Sc1nnc(C(F)(F)F)n1C)C(=O)Nc1ccc(S(=O)(=O)N2CCOCC2)cc1. The molecule has 1 fully saturated rings. The first kappa shape index (κ1) is 23.5. The smallest absolute Gasteiger partial charge is 0.379 e. The zero-order valence-corrected chi connectivity index (χ0v) is 18.2. The number of sulfonamides is 1. The van der Waals surface area contributed by atoms with Crippen molar-refractivity contribution in [1.82, 2.24) is 19.1 Å². The fraction of sp³-hybridized carbons (Fsp3) is 0.471. The topological polar surface area (TPSA) is 106 Å². The van der Waals surface area contributed by atoms with Gasteiger partial charge in [-0.2, -0.15) is 17.5 Å². The van der Waals surface area contributed by atoms with Crippen LogP contribution in [0.3, 0.4) is 0 Å². The third-order valence-electron chi connectivity index (χ3n) is 4.47. The average Bonchev–Trinajstić information content (AvgIpc) is 3.09. The lowest BCUT2D eigenvalue weighted by molar-refractivity contribution is -0.147. The minimum absolute atomic E-state index is 0.0538. The number of rotatable bonds is 6. The van der Waals surface area contributed by atoms with E-state index < -0.39 is 33.2 Å². The standard InChI is InChI=1S/C17H20F3N5O4S2/c1-11(30-16-23-22-15(24(16)2)17(18,19)20)14(26)21-12-3-5-13(6-4-12)31(27,28)25-7-9-29-10-8-25/h3-6,11H,7-10H2,1-2H3,(H,21,26)/t11-/m0/s1. The number of thioether (sulfide) groups is 1. The Bertz CT molecular complexity index is 1040. The molecule has 0 aliphatic carbocycles. The molecule has 1 aromatic carbocycles. The number of halogens is 3. The van der Waals surface area contributed by atoms with Crippen molar-refractivity contribution in [3.05, 3.63) is 30.1 Å². The molecule has 1 atom stereocenters. The van der Waals surface area contributed by atoms with Gasteiger partial charge in [0, 0.05) is 25.8 Å². The molecule has 0 saturated carbocycles. The van der Waals surface area contributed by atoms with Gasteiger partial charge in [0.1, 0.15) is 0 Å². The van der Waals surface area contributed by atoms with Gasteiger partial charge in [-0.3, -0.25) is 4.79 Å². The summed E-state index contributed by atoms with van der Waals surface area (Å²) in [6.07, 6.45) is -4.64. The molecule has 2 aromatic rings. The summed E-state index contributed by atoms with van der Waals surface area (Å²) < 4.78 is 71.0. The van der Waals surface area contributed by atoms with Crippen molar-refractivity contribution < 1.29 is 31.1 Å². The third kappa shape index (κ3) is 5.37. The second-order valence-electron chi connectivity index (χ2n) is 6.65. The van der Waals surface area contributed by atoms with Gasteiger partial charge in [0.15, 0.2) is 5.16 Å². The van der Waals surface area contributed by atoms with Crippen LogP contribution in [0.25, 0.3) is 0 Å². The van der Waals surface area contributed by atoms with Crippen molar-refractivity contribution in [2.45, 2.75) is 28.4 Å². The molecule has 0 unspecified atom stereocenters. The highest BCUT2D eigenvalue weighted by atomic mass is 32.2. The molecule has 9 nitrogen and oxygen atoms in total. The van der Waals surface area contributed by atoms with Gasteiger partial charge in [-0.05, 0) is 31.2 Å². The molecule has 1 N–H and O–H groups in total. The Hall–Kier alpha value is -2.16. The van der Waals surface area contributed by atoms with E-state index in [9.17, 15) is 26.4 Å². The van der Waals surface area contributed by atoms with Crippen LogP contribution < -0.4 is 5.32 Å². The maximum Gasteiger partial charge on any atom is 0.451 e. The summed E-state index contributed by atoms with van der Waals surface area (Å²) in [5.74, 6) is -1.63. The number of anilines is 1. The lowest BCUT2D eigenvalue weighted by Gasteiger charge is -2.26. The first-order chi connectivity index (χ1) is 14.5. The fourth-order valence-electron chi connectivity index (χ4n) is 2.77. The molecule has 1 aliphatic heterocycles. The summed E-state index contributed by atoms with van der Waals surface area (Å²) in [7, 11) is -2.48. The minimum Gasteiger partial charge on any atom is -0.379 e. The van der Waals surface area contributed by atoms with E-state index in [4.69, 9.17) is 4.74 Å². The van der Waals surface area contributed by atoms with E-state index in [1.165, 1.54) is 42.5 Å². The molecule has 1 saturated heterocycles. The van der Waals surface area contributed by atoms with E-state index >= 15 is 0 Å². The van der Waals surface area contributed by atoms with E-state index in [1.54, 1.807) is 0 Å². The number of nitrogens with one attached hydrogen (secondary N) is 1. The van der Waals surface area contributed by atoms with Crippen molar-refractivity contribution in [2.75, 3.05) is 31.6 Å². The zero-order valence-electron chi connectivity index (χ0n) is 16.6. The molecule has 31 heavy (non-hydrogen) atoms. The maximum absolute atomic E-state index is 12.8. The van der Waals surface area contributed by atoms with Gasteiger partial charge in [0.2, 0.25) is 21.8 Å². The third-order valence-corrected chi connectivity index (χ3v) is 7.52. The van der Waals surface area contributed by atoms with Crippen LogP contribution in [0.1, 0.15) is 12.7 Å². The van der Waals surface area contributed by atoms with Gasteiger partial charge in [-0.25, -0.2) is 8.42 Å². The number of amides is 1. The first-order valence-electron chi connectivity index (χ1n) is 9.12. The molecule has 2 heterocycles. The number of benzene rings is 1. The number of ether oxygens (including phenoxy) is 1. The second kappa shape index (κ2) is 9.14. The molecule has 0 bridgehead atoms. The maximum atomic E-state index is 12.8. The fourth-order valence-corrected chi connectivity index (χ4v) is 4.99. The lowest BCUT2D eigenvalue weighted by Crippen LogP contribution is -2.40. The molecule has 3 rings (SSSR count). The second-order valence-corrected chi connectivity index (χ2v) is 9.90. The number of carbonyl (C=O) groups is 1. The van der Waals surface area contributed by atoms with Crippen LogP contribution in [0, 0.1) is 0 Å². The molecule has 1 amide bonds. The summed E-state index contributed by atoms with van der Waals surface area (Å²) in [5.41, 5.74) is 0.354. The largest absolute Gasteiger partial charge is 0.451 e. The van der Waals surface area contributed by atoms with Crippen molar-refractivity contribution in [2.24, 2.45) is 7.05 Å². The quantitative estimate of drug-likeness (QED) is 0.632. The highest BCUT2D eigenvalue weighted by Crippen LogP contribution is 2.31. The van der Waals surface area contributed by atoms with E-state index in [2.05, 4.69) is 15.5 Å². The van der Waals surface area contributed by atoms with Gasteiger partial charge in [0.05, 0.1) is 23.4 Å². The van der Waals surface area contributed by atoms with E-state index in [0.717, 1.165) is 16.3 Å². The van der Waals surface area contributed by atoms with Gasteiger partial charge >= 0.3 is 6.18 Å². The number of aromatic nitrogens is 3. The highest BCUT2D eigenvalue weighted by Gasteiger charge is 2.38. The number of carbonyl (C=O) groups excluding carboxylic acids is 1. The number of hydrogen-bond acceptors (Lipinski definition) is 7. The molecule has 1 aliphatic rings.